The lowest BCUT2D eigenvalue weighted by Crippen LogP contribution is -2.48. The zero-order valence-corrected chi connectivity index (χ0v) is 15.9. The Bertz CT molecular complexity index is 1020. The number of aliphatic hydroxyl groups excluding tert-OH is 1. The van der Waals surface area contributed by atoms with Gasteiger partial charge in [0.25, 0.3) is 0 Å². The number of anilines is 1. The molecule has 1 aliphatic carbocycles. The Morgan fingerprint density at radius 1 is 1.52 bits per heavy atom. The van der Waals surface area contributed by atoms with Crippen LogP contribution in [0.5, 0.6) is 0 Å². The molecule has 6 atom stereocenters. The maximum atomic E-state index is 12.2. The number of carbonyl (C=O) groups excluding carboxylic acids is 1. The second-order valence-corrected chi connectivity index (χ2v) is 7.93. The highest BCUT2D eigenvalue weighted by molar-refractivity contribution is 5.76. The van der Waals surface area contributed by atoms with Crippen LogP contribution in [0.2, 0.25) is 0 Å². The minimum absolute atomic E-state index is 0.179. The number of nitrogen functional groups attached to an aromatic ring is 1. The van der Waals surface area contributed by atoms with Crippen LogP contribution in [0.4, 0.5) is 5.82 Å². The van der Waals surface area contributed by atoms with Gasteiger partial charge in [0, 0.05) is 0 Å². The summed E-state index contributed by atoms with van der Waals surface area (Å²) in [7, 11) is 0. The summed E-state index contributed by atoms with van der Waals surface area (Å²) < 4.78 is 12.3. The van der Waals surface area contributed by atoms with Crippen molar-refractivity contribution in [1.82, 2.24) is 14.6 Å². The molecule has 0 radical (unpaired) electrons. The summed E-state index contributed by atoms with van der Waals surface area (Å²) in [5.41, 5.74) is 8.38. The van der Waals surface area contributed by atoms with E-state index in [0.717, 1.165) is 0 Å². The van der Waals surface area contributed by atoms with Crippen molar-refractivity contribution < 1.29 is 24.5 Å². The zero-order chi connectivity index (χ0) is 21.1. The monoisotopic (exact) mass is 402 g/mol. The molecule has 1 saturated heterocycles. The highest BCUT2D eigenvalue weighted by Crippen LogP contribution is 2.59. The summed E-state index contributed by atoms with van der Waals surface area (Å²) in [4.78, 5) is 16.1. The molecule has 0 spiro atoms. The van der Waals surface area contributed by atoms with Gasteiger partial charge in [-0.2, -0.15) is 10.4 Å². The smallest absolute Gasteiger partial charge is 0.323 e. The van der Waals surface area contributed by atoms with Crippen molar-refractivity contribution in [3.05, 3.63) is 24.2 Å². The van der Waals surface area contributed by atoms with E-state index in [1.54, 1.807) is 6.07 Å². The standard InChI is InChI=1S/C18H22N6O5/c1-8(2)5-9(20)15(25)28-12-13-18(12,27)16(26)17(6-19,29-13)11-4-3-10-14(21)22-7-23-24(10)11/h3-4,7-9,12-13,16,26-27H,5,20H2,1-2H3,(H2,21,22,23)/t9-,12?,13-,16+,17+,18-/m1/s1. The second-order valence-electron chi connectivity index (χ2n) is 7.93. The molecule has 1 aliphatic heterocycles. The first-order valence-electron chi connectivity index (χ1n) is 9.21. The summed E-state index contributed by atoms with van der Waals surface area (Å²) in [5, 5.41) is 35.6. The number of rotatable bonds is 5. The van der Waals surface area contributed by atoms with Crippen molar-refractivity contribution in [3.63, 3.8) is 0 Å². The predicted octanol–water partition coefficient (Wildman–Crippen LogP) is -1.18. The number of nitriles is 1. The lowest BCUT2D eigenvalue weighted by molar-refractivity contribution is -0.161. The van der Waals surface area contributed by atoms with Gasteiger partial charge in [-0.25, -0.2) is 9.50 Å². The molecule has 2 aliphatic rings. The molecular weight excluding hydrogens is 380 g/mol. The van der Waals surface area contributed by atoms with Crippen molar-refractivity contribution in [1.29, 1.82) is 5.26 Å². The van der Waals surface area contributed by atoms with Gasteiger partial charge in [-0.1, -0.05) is 13.8 Å². The fourth-order valence-corrected chi connectivity index (χ4v) is 3.94. The normalized spacial score (nSPS) is 34.0. The van der Waals surface area contributed by atoms with Gasteiger partial charge >= 0.3 is 5.97 Å². The third-order valence-corrected chi connectivity index (χ3v) is 5.51. The number of esters is 1. The number of aliphatic hydroxyl groups is 2. The topological polar surface area (TPSA) is 182 Å². The lowest BCUT2D eigenvalue weighted by atomic mass is 9.90. The van der Waals surface area contributed by atoms with Gasteiger partial charge in [0.05, 0.1) is 5.69 Å². The van der Waals surface area contributed by atoms with Gasteiger partial charge in [0.2, 0.25) is 5.60 Å². The summed E-state index contributed by atoms with van der Waals surface area (Å²) in [6.45, 7) is 3.83. The van der Waals surface area contributed by atoms with Crippen LogP contribution >= 0.6 is 0 Å². The number of carbonyl (C=O) groups is 1. The number of hydrogen-bond donors (Lipinski definition) is 4. The van der Waals surface area contributed by atoms with Crippen LogP contribution in [0.3, 0.4) is 0 Å². The van der Waals surface area contributed by atoms with E-state index in [0.29, 0.717) is 11.9 Å². The molecule has 2 aromatic heterocycles. The molecule has 1 saturated carbocycles. The molecule has 0 amide bonds. The van der Waals surface area contributed by atoms with Crippen LogP contribution in [-0.2, 0) is 19.9 Å². The molecule has 2 fully saturated rings. The summed E-state index contributed by atoms with van der Waals surface area (Å²) >= 11 is 0. The SMILES string of the molecule is CC(C)C[C@@H](N)C(=O)OC1[C@H]2O[C@@](C#N)(c3ccc4c(N)ncnn34)[C@H](O)[C@@]12O. The van der Waals surface area contributed by atoms with Gasteiger partial charge in [0.15, 0.2) is 17.5 Å². The van der Waals surface area contributed by atoms with E-state index < -0.39 is 41.5 Å². The molecule has 0 aromatic carbocycles. The van der Waals surface area contributed by atoms with E-state index in [-0.39, 0.29) is 17.4 Å². The largest absolute Gasteiger partial charge is 0.455 e. The van der Waals surface area contributed by atoms with Gasteiger partial charge in [0.1, 0.15) is 36.2 Å². The number of hydrogen-bond acceptors (Lipinski definition) is 10. The van der Waals surface area contributed by atoms with E-state index in [4.69, 9.17) is 20.9 Å². The minimum atomic E-state index is -1.92. The number of nitrogens with two attached hydrogens (primary N) is 2. The Hall–Kier alpha value is -2.78. The van der Waals surface area contributed by atoms with Crippen molar-refractivity contribution in [2.75, 3.05) is 5.73 Å². The van der Waals surface area contributed by atoms with Crippen LogP contribution in [0, 0.1) is 17.2 Å². The first-order chi connectivity index (χ1) is 13.7. The second kappa shape index (κ2) is 6.36. The Morgan fingerprint density at radius 2 is 2.24 bits per heavy atom. The summed E-state index contributed by atoms with van der Waals surface area (Å²) in [5.74, 6) is -0.329. The maximum absolute atomic E-state index is 12.2. The third-order valence-electron chi connectivity index (χ3n) is 5.51. The van der Waals surface area contributed by atoms with Crippen LogP contribution in [0.1, 0.15) is 26.0 Å². The highest BCUT2D eigenvalue weighted by atomic mass is 16.6. The van der Waals surface area contributed by atoms with Crippen molar-refractivity contribution in [2.24, 2.45) is 11.7 Å². The average Bonchev–Trinajstić information content (AvgIpc) is 2.97. The quantitative estimate of drug-likeness (QED) is 0.444. The Labute approximate surface area is 165 Å². The minimum Gasteiger partial charge on any atom is -0.455 e. The molecule has 1 unspecified atom stereocenters. The van der Waals surface area contributed by atoms with Crippen LogP contribution < -0.4 is 11.5 Å². The van der Waals surface area contributed by atoms with Gasteiger partial charge in [-0.05, 0) is 24.5 Å². The molecule has 3 heterocycles. The zero-order valence-electron chi connectivity index (χ0n) is 15.9. The number of fused-ring (bicyclic) bond motifs is 2. The van der Waals surface area contributed by atoms with Crippen LogP contribution in [0.15, 0.2) is 18.5 Å². The summed E-state index contributed by atoms with van der Waals surface area (Å²) in [6, 6.07) is 4.17. The molecule has 2 aromatic rings. The van der Waals surface area contributed by atoms with Crippen LogP contribution in [0.25, 0.3) is 5.52 Å². The number of ether oxygens (including phenoxy) is 2. The fourth-order valence-electron chi connectivity index (χ4n) is 3.94. The first kappa shape index (κ1) is 19.5. The molecule has 11 nitrogen and oxygen atoms in total. The molecule has 11 heteroatoms. The average molecular weight is 402 g/mol. The van der Waals surface area contributed by atoms with E-state index >= 15 is 0 Å². The van der Waals surface area contributed by atoms with E-state index in [2.05, 4.69) is 10.1 Å². The van der Waals surface area contributed by atoms with Crippen molar-refractivity contribution in [3.8, 4) is 6.07 Å². The van der Waals surface area contributed by atoms with E-state index in [1.807, 2.05) is 19.9 Å². The van der Waals surface area contributed by atoms with E-state index in [1.165, 1.54) is 16.9 Å². The molecule has 6 N–H and O–H groups in total. The fraction of sp³-hybridized carbons (Fsp3) is 0.556. The van der Waals surface area contributed by atoms with Gasteiger partial charge < -0.3 is 31.2 Å². The molecule has 0 bridgehead atoms. The maximum Gasteiger partial charge on any atom is 0.323 e. The summed E-state index contributed by atoms with van der Waals surface area (Å²) in [6.07, 6.45) is -2.27. The van der Waals surface area contributed by atoms with Crippen LogP contribution in [-0.4, -0.2) is 60.7 Å². The van der Waals surface area contributed by atoms with Gasteiger partial charge in [-0.3, -0.25) is 4.79 Å². The molecule has 4 rings (SSSR count). The highest BCUT2D eigenvalue weighted by Gasteiger charge is 2.84. The van der Waals surface area contributed by atoms with Crippen molar-refractivity contribution in [2.45, 2.75) is 55.8 Å². The molecule has 29 heavy (non-hydrogen) atoms. The molecular formula is C18H22N6O5. The Balaban J connectivity index is 1.60. The lowest BCUT2D eigenvalue weighted by Gasteiger charge is -2.29. The van der Waals surface area contributed by atoms with Gasteiger partial charge in [-0.15, -0.1) is 0 Å². The first-order valence-corrected chi connectivity index (χ1v) is 9.21. The third kappa shape index (κ3) is 2.61. The molecule has 154 valence electrons. The number of nitrogens with zero attached hydrogens (tertiary/aromatic N) is 4. The Morgan fingerprint density at radius 3 is 2.83 bits per heavy atom. The van der Waals surface area contributed by atoms with E-state index in [9.17, 15) is 20.3 Å². The Kier molecular flexibility index (Phi) is 4.29. The number of aromatic nitrogens is 3. The van der Waals surface area contributed by atoms with Crippen molar-refractivity contribution >= 4 is 17.3 Å². The predicted molar refractivity (Wildman–Crippen MR) is 97.8 cm³/mol.